The Morgan fingerprint density at radius 1 is 1.40 bits per heavy atom. The van der Waals surface area contributed by atoms with E-state index < -0.39 is 0 Å². The predicted molar refractivity (Wildman–Crippen MR) is 62.6 cm³/mol. The number of rotatable bonds is 5. The van der Waals surface area contributed by atoms with Gasteiger partial charge >= 0.3 is 0 Å². The smallest absolute Gasteiger partial charge is 0.105 e. The van der Waals surface area contributed by atoms with Gasteiger partial charge in [0.05, 0.1) is 6.07 Å². The van der Waals surface area contributed by atoms with Gasteiger partial charge in [-0.05, 0) is 53.1 Å². The van der Waals surface area contributed by atoms with Crippen LogP contribution in [0.5, 0.6) is 0 Å². The van der Waals surface area contributed by atoms with Crippen molar-refractivity contribution in [1.82, 2.24) is 10.2 Å². The van der Waals surface area contributed by atoms with Crippen molar-refractivity contribution in [2.24, 2.45) is 0 Å². The van der Waals surface area contributed by atoms with Gasteiger partial charge in [0.1, 0.15) is 5.54 Å². The lowest BCUT2D eigenvalue weighted by Gasteiger charge is -2.28. The first-order valence-corrected chi connectivity index (χ1v) is 5.97. The summed E-state index contributed by atoms with van der Waals surface area (Å²) in [6, 6.07) is 2.76. The van der Waals surface area contributed by atoms with E-state index in [1.165, 1.54) is 25.9 Å². The number of nitriles is 1. The molecule has 1 aliphatic heterocycles. The molecule has 0 bridgehead atoms. The molecule has 1 rings (SSSR count). The Morgan fingerprint density at radius 3 is 2.47 bits per heavy atom. The first-order valence-electron chi connectivity index (χ1n) is 5.97. The largest absolute Gasteiger partial charge is 0.303 e. The highest BCUT2D eigenvalue weighted by molar-refractivity contribution is 5.04. The SMILES string of the molecule is CC(C)NC(C)(C#N)CCN1CCCC1. The Balaban J connectivity index is 2.35. The zero-order chi connectivity index (χ0) is 11.3. The fourth-order valence-electron chi connectivity index (χ4n) is 2.19. The van der Waals surface area contributed by atoms with Gasteiger partial charge in [-0.15, -0.1) is 0 Å². The highest BCUT2D eigenvalue weighted by Gasteiger charge is 2.25. The molecule has 86 valence electrons. The minimum atomic E-state index is -0.364. The molecule has 3 nitrogen and oxygen atoms in total. The minimum absolute atomic E-state index is 0.364. The molecule has 3 heteroatoms. The van der Waals surface area contributed by atoms with Crippen LogP contribution in [0.1, 0.15) is 40.0 Å². The predicted octanol–water partition coefficient (Wildman–Crippen LogP) is 1.75. The van der Waals surface area contributed by atoms with Crippen LogP contribution in [0.25, 0.3) is 0 Å². The summed E-state index contributed by atoms with van der Waals surface area (Å²) in [5.74, 6) is 0. The lowest BCUT2D eigenvalue weighted by atomic mass is 9.98. The second-order valence-corrected chi connectivity index (χ2v) is 5.04. The van der Waals surface area contributed by atoms with E-state index in [9.17, 15) is 5.26 Å². The van der Waals surface area contributed by atoms with E-state index in [2.05, 4.69) is 30.1 Å². The minimum Gasteiger partial charge on any atom is -0.303 e. The van der Waals surface area contributed by atoms with Crippen LogP contribution in [0.4, 0.5) is 0 Å². The first-order chi connectivity index (χ1) is 7.06. The number of nitrogens with one attached hydrogen (secondary N) is 1. The zero-order valence-corrected chi connectivity index (χ0v) is 10.2. The lowest BCUT2D eigenvalue weighted by Crippen LogP contribution is -2.46. The van der Waals surface area contributed by atoms with Gasteiger partial charge in [-0.2, -0.15) is 5.26 Å². The molecule has 1 N–H and O–H groups in total. The summed E-state index contributed by atoms with van der Waals surface area (Å²) in [7, 11) is 0. The summed E-state index contributed by atoms with van der Waals surface area (Å²) in [6.07, 6.45) is 3.56. The van der Waals surface area contributed by atoms with Crippen LogP contribution in [0.15, 0.2) is 0 Å². The number of likely N-dealkylation sites (tertiary alicyclic amines) is 1. The second-order valence-electron chi connectivity index (χ2n) is 5.04. The third-order valence-electron chi connectivity index (χ3n) is 2.98. The van der Waals surface area contributed by atoms with E-state index in [1.54, 1.807) is 0 Å². The van der Waals surface area contributed by atoms with Gasteiger partial charge in [-0.25, -0.2) is 0 Å². The van der Waals surface area contributed by atoms with Crippen molar-refractivity contribution < 1.29 is 0 Å². The summed E-state index contributed by atoms with van der Waals surface area (Å²) in [5.41, 5.74) is -0.364. The Hall–Kier alpha value is -0.590. The lowest BCUT2D eigenvalue weighted by molar-refractivity contribution is 0.281. The van der Waals surface area contributed by atoms with Crippen LogP contribution in [-0.2, 0) is 0 Å². The molecule has 0 saturated carbocycles. The van der Waals surface area contributed by atoms with Crippen molar-refractivity contribution in [2.75, 3.05) is 19.6 Å². The molecular formula is C12H23N3. The molecular weight excluding hydrogens is 186 g/mol. The average Bonchev–Trinajstić information content (AvgIpc) is 2.66. The van der Waals surface area contributed by atoms with Gasteiger partial charge in [0.2, 0.25) is 0 Å². The second kappa shape index (κ2) is 5.48. The van der Waals surface area contributed by atoms with Crippen LogP contribution >= 0.6 is 0 Å². The van der Waals surface area contributed by atoms with Crippen molar-refractivity contribution in [3.05, 3.63) is 0 Å². The van der Waals surface area contributed by atoms with E-state index >= 15 is 0 Å². The molecule has 0 aromatic rings. The van der Waals surface area contributed by atoms with E-state index in [4.69, 9.17) is 0 Å². The molecule has 1 fully saturated rings. The summed E-state index contributed by atoms with van der Waals surface area (Å²) in [5, 5.41) is 12.5. The zero-order valence-electron chi connectivity index (χ0n) is 10.2. The third-order valence-corrected chi connectivity index (χ3v) is 2.98. The molecule has 15 heavy (non-hydrogen) atoms. The van der Waals surface area contributed by atoms with Crippen LogP contribution < -0.4 is 5.32 Å². The molecule has 0 amide bonds. The summed E-state index contributed by atoms with van der Waals surface area (Å²) >= 11 is 0. The van der Waals surface area contributed by atoms with Gasteiger partial charge in [-0.1, -0.05) is 0 Å². The van der Waals surface area contributed by atoms with Crippen molar-refractivity contribution >= 4 is 0 Å². The van der Waals surface area contributed by atoms with Crippen LogP contribution in [0, 0.1) is 11.3 Å². The molecule has 0 radical (unpaired) electrons. The monoisotopic (exact) mass is 209 g/mol. The summed E-state index contributed by atoms with van der Waals surface area (Å²) < 4.78 is 0. The van der Waals surface area contributed by atoms with Gasteiger partial charge < -0.3 is 4.90 Å². The summed E-state index contributed by atoms with van der Waals surface area (Å²) in [4.78, 5) is 2.46. The van der Waals surface area contributed by atoms with Crippen molar-refractivity contribution in [3.63, 3.8) is 0 Å². The standard InChI is InChI=1S/C12H23N3/c1-11(2)14-12(3,10-13)6-9-15-7-4-5-8-15/h11,14H,4-9H2,1-3H3. The van der Waals surface area contributed by atoms with E-state index in [0.29, 0.717) is 6.04 Å². The van der Waals surface area contributed by atoms with Crippen molar-refractivity contribution in [3.8, 4) is 6.07 Å². The molecule has 0 aliphatic carbocycles. The fourth-order valence-corrected chi connectivity index (χ4v) is 2.19. The molecule has 0 aromatic carbocycles. The Morgan fingerprint density at radius 2 is 2.00 bits per heavy atom. The van der Waals surface area contributed by atoms with Crippen LogP contribution in [0.2, 0.25) is 0 Å². The normalized spacial score (nSPS) is 21.5. The van der Waals surface area contributed by atoms with E-state index in [1.807, 2.05) is 6.92 Å². The maximum atomic E-state index is 9.18. The number of hydrogen-bond donors (Lipinski definition) is 1. The van der Waals surface area contributed by atoms with Gasteiger partial charge in [0.25, 0.3) is 0 Å². The Labute approximate surface area is 93.5 Å². The van der Waals surface area contributed by atoms with Gasteiger partial charge in [0.15, 0.2) is 0 Å². The highest BCUT2D eigenvalue weighted by atomic mass is 15.1. The first kappa shape index (κ1) is 12.5. The molecule has 1 heterocycles. The van der Waals surface area contributed by atoms with Crippen LogP contribution in [-0.4, -0.2) is 36.1 Å². The fraction of sp³-hybridized carbons (Fsp3) is 0.917. The van der Waals surface area contributed by atoms with Crippen molar-refractivity contribution in [1.29, 1.82) is 5.26 Å². The Bertz CT molecular complexity index is 226. The molecule has 1 saturated heterocycles. The highest BCUT2D eigenvalue weighted by Crippen LogP contribution is 2.14. The topological polar surface area (TPSA) is 39.1 Å². The molecule has 1 aliphatic rings. The summed E-state index contributed by atoms with van der Waals surface area (Å²) in [6.45, 7) is 9.65. The van der Waals surface area contributed by atoms with E-state index in [-0.39, 0.29) is 5.54 Å². The molecule has 0 aromatic heterocycles. The number of nitrogens with zero attached hydrogens (tertiary/aromatic N) is 2. The number of hydrogen-bond acceptors (Lipinski definition) is 3. The molecule has 1 unspecified atom stereocenters. The van der Waals surface area contributed by atoms with Gasteiger partial charge in [0, 0.05) is 12.6 Å². The Kier molecular flexibility index (Phi) is 4.56. The maximum absolute atomic E-state index is 9.18. The maximum Gasteiger partial charge on any atom is 0.105 e. The quantitative estimate of drug-likeness (QED) is 0.750. The van der Waals surface area contributed by atoms with Crippen LogP contribution in [0.3, 0.4) is 0 Å². The molecule has 0 spiro atoms. The van der Waals surface area contributed by atoms with Gasteiger partial charge in [-0.3, -0.25) is 5.32 Å². The third kappa shape index (κ3) is 4.19. The molecule has 1 atom stereocenters. The van der Waals surface area contributed by atoms with E-state index in [0.717, 1.165) is 13.0 Å². The van der Waals surface area contributed by atoms with Crippen molar-refractivity contribution in [2.45, 2.75) is 51.6 Å². The average molecular weight is 209 g/mol.